The molecule has 0 unspecified atom stereocenters. The Bertz CT molecular complexity index is 1090. The molecule has 1 aromatic heterocycles. The SMILES string of the molecule is COc1ccc(OC)c(-c2ccc(N3CCN(C(=O)Nc4cccc(F)c4)CC3)nn2)c1. The van der Waals surface area contributed by atoms with Gasteiger partial charge in [0.2, 0.25) is 0 Å². The van der Waals surface area contributed by atoms with E-state index in [9.17, 15) is 9.18 Å². The third-order valence-electron chi connectivity index (χ3n) is 5.30. The number of ether oxygens (including phenoxy) is 2. The summed E-state index contributed by atoms with van der Waals surface area (Å²) >= 11 is 0. The number of hydrogen-bond donors (Lipinski definition) is 1. The van der Waals surface area contributed by atoms with Crippen molar-refractivity contribution in [3.63, 3.8) is 0 Å². The summed E-state index contributed by atoms with van der Waals surface area (Å²) in [5.41, 5.74) is 1.91. The summed E-state index contributed by atoms with van der Waals surface area (Å²) < 4.78 is 24.0. The average molecular weight is 437 g/mol. The monoisotopic (exact) mass is 437 g/mol. The van der Waals surface area contributed by atoms with Crippen LogP contribution in [0.3, 0.4) is 0 Å². The molecule has 4 rings (SSSR count). The van der Waals surface area contributed by atoms with Gasteiger partial charge in [-0.2, -0.15) is 0 Å². The number of halogens is 1. The lowest BCUT2D eigenvalue weighted by molar-refractivity contribution is 0.208. The standard InChI is InChI=1S/C23H24FN5O3/c1-31-18-6-8-21(32-2)19(15-18)20-7-9-22(27-26-20)28-10-12-29(13-11-28)23(30)25-17-5-3-4-16(24)14-17/h3-9,14-15H,10-13H2,1-2H3,(H,25,30). The van der Waals surface area contributed by atoms with Gasteiger partial charge in [0.15, 0.2) is 5.82 Å². The van der Waals surface area contributed by atoms with Crippen LogP contribution in [-0.4, -0.2) is 61.5 Å². The van der Waals surface area contributed by atoms with Crippen LogP contribution in [0.25, 0.3) is 11.3 Å². The van der Waals surface area contributed by atoms with Crippen molar-refractivity contribution in [2.24, 2.45) is 0 Å². The van der Waals surface area contributed by atoms with E-state index in [1.54, 1.807) is 31.3 Å². The highest BCUT2D eigenvalue weighted by Crippen LogP contribution is 2.32. The van der Waals surface area contributed by atoms with Crippen LogP contribution in [0, 0.1) is 5.82 Å². The van der Waals surface area contributed by atoms with Gasteiger partial charge in [-0.05, 0) is 48.5 Å². The second-order valence-corrected chi connectivity index (χ2v) is 7.26. The highest BCUT2D eigenvalue weighted by molar-refractivity contribution is 5.89. The fraction of sp³-hybridized carbons (Fsp3) is 0.261. The van der Waals surface area contributed by atoms with Gasteiger partial charge in [0, 0.05) is 37.4 Å². The Labute approximate surface area is 185 Å². The second-order valence-electron chi connectivity index (χ2n) is 7.26. The zero-order chi connectivity index (χ0) is 22.5. The van der Waals surface area contributed by atoms with Gasteiger partial charge in [0.25, 0.3) is 0 Å². The zero-order valence-electron chi connectivity index (χ0n) is 17.9. The van der Waals surface area contributed by atoms with Crippen molar-refractivity contribution in [2.45, 2.75) is 0 Å². The molecule has 2 aromatic carbocycles. The maximum Gasteiger partial charge on any atom is 0.321 e. The summed E-state index contributed by atoms with van der Waals surface area (Å²) in [7, 11) is 3.22. The van der Waals surface area contributed by atoms with Gasteiger partial charge < -0.3 is 24.6 Å². The summed E-state index contributed by atoms with van der Waals surface area (Å²) in [4.78, 5) is 16.2. The van der Waals surface area contributed by atoms with Crippen LogP contribution in [0.5, 0.6) is 11.5 Å². The van der Waals surface area contributed by atoms with Crippen molar-refractivity contribution in [1.82, 2.24) is 15.1 Å². The van der Waals surface area contributed by atoms with Crippen LogP contribution in [0.2, 0.25) is 0 Å². The molecule has 0 radical (unpaired) electrons. The minimum Gasteiger partial charge on any atom is -0.497 e. The van der Waals surface area contributed by atoms with Gasteiger partial charge in [-0.15, -0.1) is 10.2 Å². The van der Waals surface area contributed by atoms with Gasteiger partial charge in [-0.1, -0.05) is 6.07 Å². The molecule has 1 fully saturated rings. The van der Waals surface area contributed by atoms with Gasteiger partial charge in [0.1, 0.15) is 17.3 Å². The van der Waals surface area contributed by atoms with Gasteiger partial charge in [0.05, 0.1) is 19.9 Å². The molecule has 0 saturated carbocycles. The smallest absolute Gasteiger partial charge is 0.321 e. The molecule has 1 saturated heterocycles. The first-order valence-electron chi connectivity index (χ1n) is 10.2. The average Bonchev–Trinajstić information content (AvgIpc) is 2.84. The van der Waals surface area contributed by atoms with Crippen LogP contribution in [-0.2, 0) is 0 Å². The van der Waals surface area contributed by atoms with Crippen LogP contribution >= 0.6 is 0 Å². The lowest BCUT2D eigenvalue weighted by Gasteiger charge is -2.35. The van der Waals surface area contributed by atoms with Crippen molar-refractivity contribution in [1.29, 1.82) is 0 Å². The molecular formula is C23H24FN5O3. The van der Waals surface area contributed by atoms with Crippen molar-refractivity contribution in [2.75, 3.05) is 50.6 Å². The number of urea groups is 1. The number of amides is 2. The van der Waals surface area contributed by atoms with E-state index in [1.807, 2.05) is 30.3 Å². The van der Waals surface area contributed by atoms with Gasteiger partial charge >= 0.3 is 6.03 Å². The van der Waals surface area contributed by atoms with E-state index < -0.39 is 0 Å². The molecule has 32 heavy (non-hydrogen) atoms. The quantitative estimate of drug-likeness (QED) is 0.656. The van der Waals surface area contributed by atoms with E-state index >= 15 is 0 Å². The van der Waals surface area contributed by atoms with Crippen LogP contribution < -0.4 is 19.7 Å². The largest absolute Gasteiger partial charge is 0.497 e. The molecule has 1 aliphatic rings. The van der Waals surface area contributed by atoms with Crippen molar-refractivity contribution in [3.05, 3.63) is 60.4 Å². The molecule has 166 valence electrons. The number of aromatic nitrogens is 2. The molecule has 0 atom stereocenters. The number of piperazine rings is 1. The van der Waals surface area contributed by atoms with E-state index in [0.29, 0.717) is 49.1 Å². The minimum absolute atomic E-state index is 0.248. The first kappa shape index (κ1) is 21.4. The minimum atomic E-state index is -0.388. The van der Waals surface area contributed by atoms with E-state index in [1.165, 1.54) is 12.1 Å². The Kier molecular flexibility index (Phi) is 6.34. The number of anilines is 2. The van der Waals surface area contributed by atoms with E-state index in [2.05, 4.69) is 20.4 Å². The van der Waals surface area contributed by atoms with Crippen LogP contribution in [0.1, 0.15) is 0 Å². The summed E-state index contributed by atoms with van der Waals surface area (Å²) in [5.74, 6) is 1.74. The first-order valence-corrected chi connectivity index (χ1v) is 10.2. The molecule has 0 bridgehead atoms. The number of nitrogens with zero attached hydrogens (tertiary/aromatic N) is 4. The summed E-state index contributed by atoms with van der Waals surface area (Å²) in [6.07, 6.45) is 0. The molecule has 8 nitrogen and oxygen atoms in total. The van der Waals surface area contributed by atoms with Crippen molar-refractivity contribution in [3.8, 4) is 22.8 Å². The Morgan fingerprint density at radius 1 is 0.969 bits per heavy atom. The normalized spacial score (nSPS) is 13.6. The molecule has 2 heterocycles. The van der Waals surface area contributed by atoms with E-state index in [-0.39, 0.29) is 11.8 Å². The van der Waals surface area contributed by atoms with Crippen LogP contribution in [0.15, 0.2) is 54.6 Å². The predicted molar refractivity (Wildman–Crippen MR) is 120 cm³/mol. The van der Waals surface area contributed by atoms with Crippen molar-refractivity contribution < 1.29 is 18.7 Å². The fourth-order valence-corrected chi connectivity index (χ4v) is 3.56. The zero-order valence-corrected chi connectivity index (χ0v) is 17.9. The lowest BCUT2D eigenvalue weighted by Crippen LogP contribution is -2.50. The molecule has 0 spiro atoms. The molecular weight excluding hydrogens is 413 g/mol. The fourth-order valence-electron chi connectivity index (χ4n) is 3.56. The predicted octanol–water partition coefficient (Wildman–Crippen LogP) is 3.65. The molecule has 2 amide bonds. The maximum absolute atomic E-state index is 13.3. The Balaban J connectivity index is 1.39. The second kappa shape index (κ2) is 9.51. The molecule has 3 aromatic rings. The summed E-state index contributed by atoms with van der Waals surface area (Å²) in [6, 6.07) is 14.9. The third-order valence-corrected chi connectivity index (χ3v) is 5.30. The number of carbonyl (C=O) groups excluding carboxylic acids is 1. The summed E-state index contributed by atoms with van der Waals surface area (Å²) in [6.45, 7) is 2.28. The van der Waals surface area contributed by atoms with Gasteiger partial charge in [-0.3, -0.25) is 0 Å². The number of methoxy groups -OCH3 is 2. The number of carbonyl (C=O) groups is 1. The number of hydrogen-bond acceptors (Lipinski definition) is 6. The van der Waals surface area contributed by atoms with E-state index in [4.69, 9.17) is 9.47 Å². The Hall–Kier alpha value is -3.88. The first-order chi connectivity index (χ1) is 15.6. The number of nitrogens with one attached hydrogen (secondary N) is 1. The third kappa shape index (κ3) is 4.72. The maximum atomic E-state index is 13.3. The molecule has 9 heteroatoms. The highest BCUT2D eigenvalue weighted by Gasteiger charge is 2.22. The topological polar surface area (TPSA) is 79.8 Å². The number of rotatable bonds is 5. The molecule has 0 aliphatic carbocycles. The lowest BCUT2D eigenvalue weighted by atomic mass is 10.1. The van der Waals surface area contributed by atoms with E-state index in [0.717, 1.165) is 11.4 Å². The highest BCUT2D eigenvalue weighted by atomic mass is 19.1. The van der Waals surface area contributed by atoms with Crippen LogP contribution in [0.4, 0.5) is 20.7 Å². The van der Waals surface area contributed by atoms with Crippen molar-refractivity contribution >= 4 is 17.5 Å². The number of benzene rings is 2. The molecule has 1 aliphatic heterocycles. The summed E-state index contributed by atoms with van der Waals surface area (Å²) in [5, 5.41) is 11.5. The Morgan fingerprint density at radius 2 is 1.78 bits per heavy atom. The van der Waals surface area contributed by atoms with Gasteiger partial charge in [-0.25, -0.2) is 9.18 Å². The Morgan fingerprint density at radius 3 is 2.44 bits per heavy atom. The molecule has 1 N–H and O–H groups in total.